The highest BCUT2D eigenvalue weighted by Gasteiger charge is 2.46. The van der Waals surface area contributed by atoms with Crippen molar-refractivity contribution < 1.29 is 19.1 Å². The largest absolute Gasteiger partial charge is 0.507 e. The summed E-state index contributed by atoms with van der Waals surface area (Å²) in [6.45, 7) is 2.54. The van der Waals surface area contributed by atoms with Crippen molar-refractivity contribution in [2.45, 2.75) is 13.0 Å². The Morgan fingerprint density at radius 2 is 2.04 bits per heavy atom. The van der Waals surface area contributed by atoms with Gasteiger partial charge in [0.25, 0.3) is 11.7 Å². The molecule has 27 heavy (non-hydrogen) atoms. The zero-order valence-corrected chi connectivity index (χ0v) is 16.2. The van der Waals surface area contributed by atoms with Crippen molar-refractivity contribution in [2.24, 2.45) is 0 Å². The summed E-state index contributed by atoms with van der Waals surface area (Å²) in [6, 6.07) is 7.25. The molecule has 0 spiro atoms. The van der Waals surface area contributed by atoms with Gasteiger partial charge in [-0.1, -0.05) is 18.2 Å². The highest BCUT2D eigenvalue weighted by molar-refractivity contribution is 7.10. The number of carbonyl (C=O) groups excluding carboxylic acids is 2. The van der Waals surface area contributed by atoms with Crippen LogP contribution in [0.2, 0.25) is 0 Å². The summed E-state index contributed by atoms with van der Waals surface area (Å²) in [7, 11) is 3.76. The average molecular weight is 388 g/mol. The van der Waals surface area contributed by atoms with Gasteiger partial charge >= 0.3 is 0 Å². The van der Waals surface area contributed by atoms with Gasteiger partial charge in [0.2, 0.25) is 0 Å². The number of likely N-dealkylation sites (N-methyl/N-ethyl adjacent to an activating group) is 1. The van der Waals surface area contributed by atoms with Gasteiger partial charge in [0.05, 0.1) is 11.6 Å². The number of benzene rings is 1. The highest BCUT2D eigenvalue weighted by atomic mass is 32.1. The molecule has 1 aliphatic heterocycles. The fraction of sp³-hybridized carbons (Fsp3) is 0.300. The van der Waals surface area contributed by atoms with Crippen LogP contribution in [-0.4, -0.2) is 53.8 Å². The summed E-state index contributed by atoms with van der Waals surface area (Å²) in [5.41, 5.74) is 0.627. The van der Waals surface area contributed by atoms with Crippen molar-refractivity contribution in [1.29, 1.82) is 0 Å². The fourth-order valence-corrected chi connectivity index (χ4v) is 3.90. The number of aryl methyl sites for hydroxylation is 1. The highest BCUT2D eigenvalue weighted by Crippen LogP contribution is 2.40. The molecule has 1 aliphatic rings. The number of halogens is 1. The lowest BCUT2D eigenvalue weighted by atomic mass is 9.99. The quantitative estimate of drug-likeness (QED) is 0.486. The standard InChI is InChI=1S/C20H21FN2O3S/c1-12-6-7-13(11-14(12)21)18(24)16-17(15-5-4-10-27-15)23(9-8-22(2)3)20(26)19(16)25/h4-7,10-11,17,24H,8-9H2,1-3H3/b18-16+. The molecule has 0 radical (unpaired) electrons. The van der Waals surface area contributed by atoms with E-state index in [0.29, 0.717) is 18.7 Å². The molecule has 5 nitrogen and oxygen atoms in total. The molecule has 1 fully saturated rings. The molecular weight excluding hydrogens is 367 g/mol. The van der Waals surface area contributed by atoms with E-state index >= 15 is 0 Å². The van der Waals surface area contributed by atoms with E-state index < -0.39 is 23.5 Å². The van der Waals surface area contributed by atoms with Crippen LogP contribution in [0.3, 0.4) is 0 Å². The summed E-state index contributed by atoms with van der Waals surface area (Å²) in [5.74, 6) is -2.22. The third-order valence-corrected chi connectivity index (χ3v) is 5.51. The maximum Gasteiger partial charge on any atom is 0.295 e. The molecule has 2 aromatic rings. The first-order chi connectivity index (χ1) is 12.8. The van der Waals surface area contributed by atoms with E-state index in [0.717, 1.165) is 4.88 Å². The second-order valence-corrected chi connectivity index (χ2v) is 7.75. The molecule has 1 atom stereocenters. The van der Waals surface area contributed by atoms with Crippen LogP contribution in [0.1, 0.15) is 22.0 Å². The second-order valence-electron chi connectivity index (χ2n) is 6.78. The minimum atomic E-state index is -0.745. The number of nitrogens with zero attached hydrogens (tertiary/aromatic N) is 2. The lowest BCUT2D eigenvalue weighted by Gasteiger charge is -2.25. The zero-order valence-electron chi connectivity index (χ0n) is 15.4. The third kappa shape index (κ3) is 3.65. The van der Waals surface area contributed by atoms with Crippen LogP contribution in [0.4, 0.5) is 4.39 Å². The fourth-order valence-electron chi connectivity index (χ4n) is 3.06. The zero-order chi connectivity index (χ0) is 19.7. The molecule has 1 unspecified atom stereocenters. The molecule has 1 amide bonds. The first kappa shape index (κ1) is 19.3. The number of aliphatic hydroxyl groups excluding tert-OH is 1. The first-order valence-corrected chi connectivity index (χ1v) is 9.42. The molecule has 0 aliphatic carbocycles. The topological polar surface area (TPSA) is 60.9 Å². The van der Waals surface area contributed by atoms with Gasteiger partial charge in [-0.05, 0) is 44.1 Å². The van der Waals surface area contributed by atoms with E-state index in [2.05, 4.69) is 0 Å². The van der Waals surface area contributed by atoms with Gasteiger partial charge in [-0.3, -0.25) is 9.59 Å². The molecule has 1 aromatic heterocycles. The van der Waals surface area contributed by atoms with Gasteiger partial charge in [-0.2, -0.15) is 0 Å². The Hall–Kier alpha value is -2.51. The van der Waals surface area contributed by atoms with Crippen molar-refractivity contribution >= 4 is 28.8 Å². The van der Waals surface area contributed by atoms with Crippen molar-refractivity contribution in [3.63, 3.8) is 0 Å². The molecule has 0 bridgehead atoms. The second kappa shape index (κ2) is 7.62. The van der Waals surface area contributed by atoms with E-state index in [-0.39, 0.29) is 16.9 Å². The number of likely N-dealkylation sites (tertiary alicyclic amines) is 1. The Morgan fingerprint density at radius 1 is 1.30 bits per heavy atom. The van der Waals surface area contributed by atoms with Crippen LogP contribution in [0.15, 0.2) is 41.3 Å². The average Bonchev–Trinajstić information content (AvgIpc) is 3.23. The number of carbonyl (C=O) groups is 2. The van der Waals surface area contributed by atoms with Gasteiger partial charge in [-0.25, -0.2) is 4.39 Å². The monoisotopic (exact) mass is 388 g/mol. The number of hydrogen-bond acceptors (Lipinski definition) is 5. The molecule has 1 saturated heterocycles. The van der Waals surface area contributed by atoms with E-state index in [9.17, 15) is 19.1 Å². The van der Waals surface area contributed by atoms with Gasteiger partial charge in [0.15, 0.2) is 0 Å². The number of ketones is 1. The van der Waals surface area contributed by atoms with Crippen LogP contribution >= 0.6 is 11.3 Å². The summed E-state index contributed by atoms with van der Waals surface area (Å²) in [4.78, 5) is 29.5. The molecule has 2 heterocycles. The number of Topliss-reactive ketones (excluding diaryl/α,β-unsaturated/α-hetero) is 1. The maximum absolute atomic E-state index is 14.0. The lowest BCUT2D eigenvalue weighted by molar-refractivity contribution is -0.140. The Bertz CT molecular complexity index is 906. The van der Waals surface area contributed by atoms with Crippen molar-refractivity contribution in [2.75, 3.05) is 27.2 Å². The normalized spacial score (nSPS) is 19.3. The Morgan fingerprint density at radius 3 is 2.63 bits per heavy atom. The SMILES string of the molecule is Cc1ccc(/C(O)=C2\C(=O)C(=O)N(CCN(C)C)C2c2cccs2)cc1F. The number of thiophene rings is 1. The Labute approximate surface area is 161 Å². The Balaban J connectivity index is 2.12. The smallest absolute Gasteiger partial charge is 0.295 e. The lowest BCUT2D eigenvalue weighted by Crippen LogP contribution is -2.35. The third-order valence-electron chi connectivity index (χ3n) is 4.59. The molecular formula is C20H21FN2O3S. The van der Waals surface area contributed by atoms with Crippen molar-refractivity contribution in [3.8, 4) is 0 Å². The summed E-state index contributed by atoms with van der Waals surface area (Å²) in [6.07, 6.45) is 0. The predicted molar refractivity (Wildman–Crippen MR) is 103 cm³/mol. The van der Waals surface area contributed by atoms with Gasteiger partial charge in [0, 0.05) is 23.5 Å². The van der Waals surface area contributed by atoms with E-state index in [4.69, 9.17) is 0 Å². The predicted octanol–water partition coefficient (Wildman–Crippen LogP) is 3.18. The van der Waals surface area contributed by atoms with Crippen molar-refractivity contribution in [1.82, 2.24) is 9.80 Å². The van der Waals surface area contributed by atoms with Gasteiger partial charge < -0.3 is 14.9 Å². The number of hydrogen-bond donors (Lipinski definition) is 1. The molecule has 3 rings (SSSR count). The van der Waals surface area contributed by atoms with Crippen LogP contribution in [-0.2, 0) is 9.59 Å². The van der Waals surface area contributed by atoms with Crippen LogP contribution in [0.5, 0.6) is 0 Å². The molecule has 142 valence electrons. The van der Waals surface area contributed by atoms with Crippen molar-refractivity contribution in [3.05, 3.63) is 63.1 Å². The number of aliphatic hydroxyl groups is 1. The summed E-state index contributed by atoms with van der Waals surface area (Å²) >= 11 is 1.41. The van der Waals surface area contributed by atoms with Crippen LogP contribution in [0, 0.1) is 12.7 Å². The molecule has 7 heteroatoms. The van der Waals surface area contributed by atoms with Crippen LogP contribution in [0.25, 0.3) is 5.76 Å². The molecule has 1 N–H and O–H groups in total. The number of amides is 1. The number of rotatable bonds is 5. The minimum Gasteiger partial charge on any atom is -0.507 e. The minimum absolute atomic E-state index is 0.00413. The van der Waals surface area contributed by atoms with E-state index in [1.807, 2.05) is 36.5 Å². The Kier molecular flexibility index (Phi) is 5.43. The van der Waals surface area contributed by atoms with Gasteiger partial charge in [-0.15, -0.1) is 11.3 Å². The summed E-state index contributed by atoms with van der Waals surface area (Å²) in [5, 5.41) is 12.6. The van der Waals surface area contributed by atoms with E-state index in [1.54, 1.807) is 13.0 Å². The van der Waals surface area contributed by atoms with Gasteiger partial charge in [0.1, 0.15) is 11.6 Å². The van der Waals surface area contributed by atoms with Crippen LogP contribution < -0.4 is 0 Å². The maximum atomic E-state index is 14.0. The molecule has 0 saturated carbocycles. The molecule has 1 aromatic carbocycles. The first-order valence-electron chi connectivity index (χ1n) is 8.54. The van der Waals surface area contributed by atoms with E-state index in [1.165, 1.54) is 28.4 Å². The summed E-state index contributed by atoms with van der Waals surface area (Å²) < 4.78 is 14.0.